The lowest BCUT2D eigenvalue weighted by atomic mass is 9.90. The topological polar surface area (TPSA) is 89.2 Å². The first-order chi connectivity index (χ1) is 8.27. The molecule has 0 spiro atoms. The molecule has 0 aromatic carbocycles. The lowest BCUT2D eigenvalue weighted by Gasteiger charge is -2.22. The summed E-state index contributed by atoms with van der Waals surface area (Å²) >= 11 is 0. The van der Waals surface area contributed by atoms with Crippen molar-refractivity contribution in [2.24, 2.45) is 11.0 Å². The number of azide groups is 1. The highest BCUT2D eigenvalue weighted by molar-refractivity contribution is 4.81. The zero-order valence-electron chi connectivity index (χ0n) is 10.9. The normalized spacial score (nSPS) is 25.9. The van der Waals surface area contributed by atoms with E-state index < -0.39 is 6.10 Å². The van der Waals surface area contributed by atoms with Crippen molar-refractivity contribution < 1.29 is 10.2 Å². The second kappa shape index (κ2) is 10.4. The molecule has 0 aliphatic heterocycles. The lowest BCUT2D eigenvalue weighted by molar-refractivity contribution is 0.0690. The zero-order valence-corrected chi connectivity index (χ0v) is 10.9. The first-order valence-electron chi connectivity index (χ1n) is 6.61. The van der Waals surface area contributed by atoms with E-state index in [2.05, 4.69) is 10.0 Å². The van der Waals surface area contributed by atoms with E-state index in [1.165, 1.54) is 6.42 Å². The Bertz CT molecular complexity index is 230. The molecule has 0 saturated heterocycles. The molecule has 0 bridgehead atoms. The lowest BCUT2D eigenvalue weighted by Crippen LogP contribution is -2.24. The zero-order chi connectivity index (χ0) is 13.1. The fraction of sp³-hybridized carbons (Fsp3) is 1.00. The van der Waals surface area contributed by atoms with E-state index in [9.17, 15) is 5.11 Å². The molecule has 1 saturated carbocycles. The third kappa shape index (κ3) is 6.51. The van der Waals surface area contributed by atoms with E-state index in [-0.39, 0.29) is 18.6 Å². The molecule has 5 heteroatoms. The van der Waals surface area contributed by atoms with E-state index in [4.69, 9.17) is 10.6 Å². The quantitative estimate of drug-likeness (QED) is 0.344. The summed E-state index contributed by atoms with van der Waals surface area (Å²) in [7, 11) is 0. The van der Waals surface area contributed by atoms with E-state index >= 15 is 0 Å². The van der Waals surface area contributed by atoms with Crippen molar-refractivity contribution in [3.8, 4) is 0 Å². The third-order valence-electron chi connectivity index (χ3n) is 3.10. The molecule has 0 radical (unpaired) electrons. The fourth-order valence-electron chi connectivity index (χ4n) is 2.28. The van der Waals surface area contributed by atoms with Gasteiger partial charge in [-0.05, 0) is 30.7 Å². The number of aliphatic hydroxyl groups is 2. The molecule has 0 aromatic heterocycles. The number of hydrogen-bond donors (Lipinski definition) is 2. The molecular weight excluding hydrogens is 218 g/mol. The highest BCUT2D eigenvalue weighted by Gasteiger charge is 2.24. The maximum atomic E-state index is 9.40. The molecule has 1 unspecified atom stereocenters. The number of rotatable bonds is 4. The molecule has 1 aliphatic carbocycles. The van der Waals surface area contributed by atoms with Crippen LogP contribution in [0.5, 0.6) is 0 Å². The van der Waals surface area contributed by atoms with Crippen molar-refractivity contribution >= 4 is 0 Å². The average molecular weight is 243 g/mol. The monoisotopic (exact) mass is 243 g/mol. The van der Waals surface area contributed by atoms with Crippen LogP contribution in [0.3, 0.4) is 0 Å². The summed E-state index contributed by atoms with van der Waals surface area (Å²) in [5.74, 6) is 0.227. The van der Waals surface area contributed by atoms with Crippen molar-refractivity contribution in [1.29, 1.82) is 0 Å². The van der Waals surface area contributed by atoms with Crippen molar-refractivity contribution in [2.45, 2.75) is 64.5 Å². The van der Waals surface area contributed by atoms with E-state index in [0.29, 0.717) is 6.42 Å². The summed E-state index contributed by atoms with van der Waals surface area (Å²) in [6, 6.07) is -0.00120. The molecular formula is C12H25N3O2. The van der Waals surface area contributed by atoms with Crippen LogP contribution in [0.15, 0.2) is 5.11 Å². The molecule has 2 N–H and O–H groups in total. The van der Waals surface area contributed by atoms with Gasteiger partial charge < -0.3 is 10.2 Å². The molecule has 0 heterocycles. The summed E-state index contributed by atoms with van der Waals surface area (Å²) in [5.41, 5.74) is 8.47. The summed E-state index contributed by atoms with van der Waals surface area (Å²) in [5, 5.41) is 22.0. The molecule has 0 amide bonds. The molecule has 0 aromatic rings. The van der Waals surface area contributed by atoms with E-state index in [1.807, 2.05) is 13.8 Å². The Kier molecular flexibility index (Phi) is 9.92. The van der Waals surface area contributed by atoms with Gasteiger partial charge >= 0.3 is 0 Å². The van der Waals surface area contributed by atoms with Crippen LogP contribution >= 0.6 is 0 Å². The van der Waals surface area contributed by atoms with Crippen LogP contribution in [0, 0.1) is 5.92 Å². The highest BCUT2D eigenvalue weighted by Crippen LogP contribution is 2.29. The van der Waals surface area contributed by atoms with E-state index in [1.54, 1.807) is 0 Å². The van der Waals surface area contributed by atoms with Gasteiger partial charge in [0.05, 0.1) is 12.7 Å². The summed E-state index contributed by atoms with van der Waals surface area (Å²) in [6.45, 7) is 3.79. The van der Waals surface area contributed by atoms with Gasteiger partial charge in [-0.3, -0.25) is 0 Å². The second-order valence-electron chi connectivity index (χ2n) is 4.24. The number of nitrogens with zero attached hydrogens (tertiary/aromatic N) is 3. The van der Waals surface area contributed by atoms with E-state index in [0.717, 1.165) is 25.7 Å². The van der Waals surface area contributed by atoms with Crippen molar-refractivity contribution in [3.63, 3.8) is 0 Å². The first-order valence-corrected chi connectivity index (χ1v) is 6.61. The van der Waals surface area contributed by atoms with Gasteiger partial charge in [0.25, 0.3) is 0 Å². The molecule has 1 rings (SSSR count). The van der Waals surface area contributed by atoms with Crippen LogP contribution in [0.4, 0.5) is 0 Å². The van der Waals surface area contributed by atoms with Gasteiger partial charge in [-0.25, -0.2) is 0 Å². The van der Waals surface area contributed by atoms with Crippen molar-refractivity contribution in [3.05, 3.63) is 10.4 Å². The Labute approximate surface area is 103 Å². The van der Waals surface area contributed by atoms with Crippen LogP contribution in [-0.4, -0.2) is 29.0 Å². The minimum absolute atomic E-state index is 0.00120. The summed E-state index contributed by atoms with van der Waals surface area (Å²) < 4.78 is 0. The fourth-order valence-corrected chi connectivity index (χ4v) is 2.28. The predicted octanol–water partition coefficient (Wildman–Crippen LogP) is 3.02. The van der Waals surface area contributed by atoms with Gasteiger partial charge in [0.2, 0.25) is 0 Å². The highest BCUT2D eigenvalue weighted by atomic mass is 16.3. The van der Waals surface area contributed by atoms with Crippen LogP contribution in [0.2, 0.25) is 0 Å². The molecule has 1 fully saturated rings. The van der Waals surface area contributed by atoms with Gasteiger partial charge in [-0.2, -0.15) is 0 Å². The maximum absolute atomic E-state index is 9.40. The Morgan fingerprint density at radius 3 is 2.53 bits per heavy atom. The maximum Gasteiger partial charge on any atom is 0.0773 e. The number of hydrogen-bond acceptors (Lipinski definition) is 3. The Morgan fingerprint density at radius 1 is 1.29 bits per heavy atom. The van der Waals surface area contributed by atoms with Crippen LogP contribution < -0.4 is 0 Å². The van der Waals surface area contributed by atoms with Gasteiger partial charge in [-0.1, -0.05) is 38.2 Å². The minimum atomic E-state index is -0.676. The molecule has 100 valence electrons. The van der Waals surface area contributed by atoms with Gasteiger partial charge in [-0.15, -0.1) is 0 Å². The summed E-state index contributed by atoms with van der Waals surface area (Å²) in [4.78, 5) is 2.87. The van der Waals surface area contributed by atoms with Crippen LogP contribution in [0.1, 0.15) is 52.4 Å². The third-order valence-corrected chi connectivity index (χ3v) is 3.10. The minimum Gasteiger partial charge on any atom is -0.394 e. The molecule has 3 atom stereocenters. The smallest absolute Gasteiger partial charge is 0.0773 e. The average Bonchev–Trinajstić information content (AvgIpc) is 2.58. The van der Waals surface area contributed by atoms with Crippen LogP contribution in [0.25, 0.3) is 10.4 Å². The molecule has 1 aliphatic rings. The van der Waals surface area contributed by atoms with Crippen molar-refractivity contribution in [2.75, 3.05) is 6.61 Å². The van der Waals surface area contributed by atoms with Gasteiger partial charge in [0, 0.05) is 11.0 Å². The molecule has 5 nitrogen and oxygen atoms in total. The van der Waals surface area contributed by atoms with Gasteiger partial charge in [0.15, 0.2) is 0 Å². The van der Waals surface area contributed by atoms with Crippen molar-refractivity contribution in [1.82, 2.24) is 0 Å². The largest absolute Gasteiger partial charge is 0.394 e. The van der Waals surface area contributed by atoms with Gasteiger partial charge in [0.1, 0.15) is 0 Å². The SMILES string of the molecule is CC.[N-]=[N+]=N[C@@H]1CCCCC[C@H]1CC(O)CO. The predicted molar refractivity (Wildman–Crippen MR) is 68.6 cm³/mol. The second-order valence-corrected chi connectivity index (χ2v) is 4.24. The number of aliphatic hydroxyl groups excluding tert-OH is 2. The standard InChI is InChI=1S/C10H19N3O2.C2H6/c11-13-12-10-5-3-1-2-4-8(10)6-9(15)7-14;1-2/h8-10,14-15H,1-7H2;1-2H3/t8-,9?,10+;/m0./s1. The Morgan fingerprint density at radius 2 is 1.94 bits per heavy atom. The first kappa shape index (κ1) is 16.2. The van der Waals surface area contributed by atoms with Crippen LogP contribution in [-0.2, 0) is 0 Å². The Hall–Kier alpha value is -0.770. The summed E-state index contributed by atoms with van der Waals surface area (Å²) in [6.07, 6.45) is 5.15. The molecule has 17 heavy (non-hydrogen) atoms. The Balaban J connectivity index is 0.00000121.